The third kappa shape index (κ3) is 4.03. The van der Waals surface area contributed by atoms with Crippen molar-refractivity contribution in [3.8, 4) is 0 Å². The van der Waals surface area contributed by atoms with E-state index in [1.807, 2.05) is 4.90 Å². The van der Waals surface area contributed by atoms with E-state index in [0.29, 0.717) is 18.2 Å². The summed E-state index contributed by atoms with van der Waals surface area (Å²) in [7, 11) is 0. The van der Waals surface area contributed by atoms with Crippen LogP contribution in [0.2, 0.25) is 0 Å². The largest absolute Gasteiger partial charge is 0.459 e. The molecule has 2 aliphatic rings. The molecule has 0 radical (unpaired) electrons. The zero-order chi connectivity index (χ0) is 16.1. The van der Waals surface area contributed by atoms with Gasteiger partial charge in [0.1, 0.15) is 0 Å². The smallest absolute Gasteiger partial charge is 0.286 e. The van der Waals surface area contributed by atoms with E-state index in [-0.39, 0.29) is 11.8 Å². The Hall–Kier alpha value is -2.04. The van der Waals surface area contributed by atoms with Crippen molar-refractivity contribution in [3.63, 3.8) is 0 Å². The predicted octanol–water partition coefficient (Wildman–Crippen LogP) is 2.75. The fourth-order valence-corrected chi connectivity index (χ4v) is 3.38. The van der Waals surface area contributed by atoms with Gasteiger partial charge in [0.15, 0.2) is 5.76 Å². The maximum absolute atomic E-state index is 12.6. The van der Waals surface area contributed by atoms with Crippen LogP contribution in [0.15, 0.2) is 34.5 Å². The Balaban J connectivity index is 1.51. The average Bonchev–Trinajstić information content (AvgIpc) is 3.15. The third-order valence-electron chi connectivity index (χ3n) is 4.67. The highest BCUT2D eigenvalue weighted by Gasteiger charge is 2.26. The summed E-state index contributed by atoms with van der Waals surface area (Å²) in [5.41, 5.74) is 0.983. The highest BCUT2D eigenvalue weighted by atomic mass is 16.3. The second-order valence-corrected chi connectivity index (χ2v) is 6.42. The number of nitrogens with one attached hydrogen (secondary N) is 1. The topological polar surface area (TPSA) is 62.6 Å². The van der Waals surface area contributed by atoms with Crippen molar-refractivity contribution < 1.29 is 14.0 Å². The van der Waals surface area contributed by atoms with Gasteiger partial charge in [-0.15, -0.1) is 0 Å². The molecule has 1 fully saturated rings. The molecular weight excluding hydrogens is 292 g/mol. The maximum atomic E-state index is 12.6. The minimum Gasteiger partial charge on any atom is -0.459 e. The van der Waals surface area contributed by atoms with Crippen LogP contribution in [0.3, 0.4) is 0 Å². The molecule has 5 heteroatoms. The third-order valence-corrected chi connectivity index (χ3v) is 4.67. The Morgan fingerprint density at radius 3 is 2.96 bits per heavy atom. The van der Waals surface area contributed by atoms with Crippen molar-refractivity contribution in [1.82, 2.24) is 10.2 Å². The number of hydrogen-bond donors (Lipinski definition) is 1. The Bertz CT molecular complexity index is 577. The van der Waals surface area contributed by atoms with Crippen molar-refractivity contribution in [2.75, 3.05) is 19.6 Å². The molecule has 1 aliphatic carbocycles. The fraction of sp³-hybridized carbons (Fsp3) is 0.556. The van der Waals surface area contributed by atoms with Crippen molar-refractivity contribution in [2.45, 2.75) is 38.5 Å². The fourth-order valence-electron chi connectivity index (χ4n) is 3.38. The van der Waals surface area contributed by atoms with Crippen LogP contribution in [0, 0.1) is 5.92 Å². The first-order chi connectivity index (χ1) is 11.2. The molecule has 2 amide bonds. The molecule has 0 saturated carbocycles. The van der Waals surface area contributed by atoms with E-state index < -0.39 is 0 Å². The second-order valence-electron chi connectivity index (χ2n) is 6.42. The Morgan fingerprint density at radius 1 is 1.30 bits per heavy atom. The monoisotopic (exact) mass is 316 g/mol. The lowest BCUT2D eigenvalue weighted by molar-refractivity contribution is -0.129. The van der Waals surface area contributed by atoms with Crippen LogP contribution < -0.4 is 5.32 Å². The van der Waals surface area contributed by atoms with Gasteiger partial charge < -0.3 is 14.6 Å². The predicted molar refractivity (Wildman–Crippen MR) is 86.9 cm³/mol. The number of nitrogens with zero attached hydrogens (tertiary/aromatic N) is 1. The number of carbonyl (C=O) groups is 2. The zero-order valence-electron chi connectivity index (χ0n) is 13.4. The highest BCUT2D eigenvalue weighted by molar-refractivity contribution is 5.93. The molecule has 0 unspecified atom stereocenters. The molecule has 0 bridgehead atoms. The maximum Gasteiger partial charge on any atom is 0.286 e. The molecule has 124 valence electrons. The molecule has 1 aromatic rings. The van der Waals surface area contributed by atoms with Crippen LogP contribution in [-0.2, 0) is 4.79 Å². The van der Waals surface area contributed by atoms with E-state index in [4.69, 9.17) is 4.42 Å². The molecule has 3 rings (SSSR count). The summed E-state index contributed by atoms with van der Waals surface area (Å²) in [4.78, 5) is 26.5. The molecule has 2 heterocycles. The first kappa shape index (κ1) is 15.8. The molecule has 1 N–H and O–H groups in total. The summed E-state index contributed by atoms with van der Waals surface area (Å²) in [6.45, 7) is 2.15. The minimum atomic E-state index is -0.187. The molecule has 0 aromatic carbocycles. The number of piperidine rings is 1. The number of likely N-dealkylation sites (tertiary alicyclic amines) is 1. The number of furan rings is 1. The molecule has 1 atom stereocenters. The number of amides is 2. The van der Waals surface area contributed by atoms with Gasteiger partial charge in [0.05, 0.1) is 6.26 Å². The van der Waals surface area contributed by atoms with E-state index in [1.54, 1.807) is 12.1 Å². The number of carbonyl (C=O) groups excluding carboxylic acids is 2. The van der Waals surface area contributed by atoms with Crippen LogP contribution >= 0.6 is 0 Å². The Kier molecular flexibility index (Phi) is 5.16. The number of hydrogen-bond acceptors (Lipinski definition) is 3. The van der Waals surface area contributed by atoms with Gasteiger partial charge in [-0.05, 0) is 56.6 Å². The standard InChI is InChI=1S/C18H24N2O3/c21-17(16-9-5-11-23-16)19-12-14-6-4-10-20(13-14)18(22)15-7-2-1-3-8-15/h5,7,9,11,14H,1-4,6,8,10,12-13H2,(H,19,21)/t14-/m1/s1. The number of rotatable bonds is 4. The van der Waals surface area contributed by atoms with Crippen LogP contribution in [0.4, 0.5) is 0 Å². The molecule has 1 aliphatic heterocycles. The molecule has 23 heavy (non-hydrogen) atoms. The van der Waals surface area contributed by atoms with E-state index in [0.717, 1.165) is 50.8 Å². The first-order valence-corrected chi connectivity index (χ1v) is 8.54. The van der Waals surface area contributed by atoms with Crippen LogP contribution in [0.25, 0.3) is 0 Å². The van der Waals surface area contributed by atoms with E-state index in [9.17, 15) is 9.59 Å². The molecule has 1 aromatic heterocycles. The van der Waals surface area contributed by atoms with Crippen molar-refractivity contribution in [2.24, 2.45) is 5.92 Å². The van der Waals surface area contributed by atoms with Gasteiger partial charge in [-0.25, -0.2) is 0 Å². The first-order valence-electron chi connectivity index (χ1n) is 8.54. The van der Waals surface area contributed by atoms with Gasteiger partial charge >= 0.3 is 0 Å². The summed E-state index contributed by atoms with van der Waals surface area (Å²) >= 11 is 0. The van der Waals surface area contributed by atoms with Crippen LogP contribution in [0.1, 0.15) is 49.1 Å². The summed E-state index contributed by atoms with van der Waals surface area (Å²) in [5.74, 6) is 0.664. The van der Waals surface area contributed by atoms with Crippen molar-refractivity contribution in [3.05, 3.63) is 35.8 Å². The van der Waals surface area contributed by atoms with Crippen LogP contribution in [-0.4, -0.2) is 36.3 Å². The normalized spacial score (nSPS) is 21.7. The van der Waals surface area contributed by atoms with E-state index in [2.05, 4.69) is 11.4 Å². The molecule has 5 nitrogen and oxygen atoms in total. The van der Waals surface area contributed by atoms with Crippen molar-refractivity contribution in [1.29, 1.82) is 0 Å². The van der Waals surface area contributed by atoms with Gasteiger partial charge in [-0.2, -0.15) is 0 Å². The summed E-state index contributed by atoms with van der Waals surface area (Å²) in [5, 5.41) is 2.91. The Morgan fingerprint density at radius 2 is 2.22 bits per heavy atom. The molecular formula is C18H24N2O3. The quantitative estimate of drug-likeness (QED) is 0.929. The summed E-state index contributed by atoms with van der Waals surface area (Å²) in [6, 6.07) is 3.36. The van der Waals surface area contributed by atoms with E-state index in [1.165, 1.54) is 12.7 Å². The van der Waals surface area contributed by atoms with Gasteiger partial charge in [0, 0.05) is 25.2 Å². The minimum absolute atomic E-state index is 0.187. The highest BCUT2D eigenvalue weighted by Crippen LogP contribution is 2.23. The SMILES string of the molecule is O=C(NC[C@H]1CCCN(C(=O)C2=CCCCC2)C1)c1ccco1. The van der Waals surface area contributed by atoms with Gasteiger partial charge in [-0.3, -0.25) is 9.59 Å². The lowest BCUT2D eigenvalue weighted by Gasteiger charge is -2.34. The lowest BCUT2D eigenvalue weighted by Crippen LogP contribution is -2.44. The zero-order valence-corrected chi connectivity index (χ0v) is 13.4. The van der Waals surface area contributed by atoms with Gasteiger partial charge in [0.25, 0.3) is 5.91 Å². The van der Waals surface area contributed by atoms with Crippen molar-refractivity contribution >= 4 is 11.8 Å². The molecule has 0 spiro atoms. The second kappa shape index (κ2) is 7.49. The summed E-state index contributed by atoms with van der Waals surface area (Å²) < 4.78 is 5.09. The average molecular weight is 316 g/mol. The van der Waals surface area contributed by atoms with Gasteiger partial charge in [0.2, 0.25) is 5.91 Å². The van der Waals surface area contributed by atoms with Crippen LogP contribution in [0.5, 0.6) is 0 Å². The van der Waals surface area contributed by atoms with Gasteiger partial charge in [-0.1, -0.05) is 6.08 Å². The number of allylic oxidation sites excluding steroid dienone is 1. The summed E-state index contributed by atoms with van der Waals surface area (Å²) in [6.07, 6.45) is 9.89. The Labute approximate surface area is 136 Å². The van der Waals surface area contributed by atoms with E-state index >= 15 is 0 Å². The lowest BCUT2D eigenvalue weighted by atomic mass is 9.94. The molecule has 1 saturated heterocycles.